The Bertz CT molecular complexity index is 1040. The maximum Gasteiger partial charge on any atom is 0.265 e. The average molecular weight is 568 g/mol. The van der Waals surface area contributed by atoms with Crippen LogP contribution in [0.4, 0.5) is 0 Å². The van der Waals surface area contributed by atoms with Crippen LogP contribution < -0.4 is 9.47 Å². The van der Waals surface area contributed by atoms with Crippen molar-refractivity contribution in [2.24, 2.45) is 0 Å². The zero-order chi connectivity index (χ0) is 22.7. The highest BCUT2D eigenvalue weighted by atomic mass is 79.9. The molecule has 0 bridgehead atoms. The van der Waals surface area contributed by atoms with Crippen molar-refractivity contribution < 1.29 is 19.1 Å². The monoisotopic (exact) mass is 566 g/mol. The highest BCUT2D eigenvalue weighted by molar-refractivity contribution is 9.10. The van der Waals surface area contributed by atoms with Gasteiger partial charge in [-0.3, -0.25) is 19.4 Å². The Kier molecular flexibility index (Phi) is 7.51. The number of benzene rings is 2. The Balaban J connectivity index is 1.93. The van der Waals surface area contributed by atoms with Crippen LogP contribution in [-0.2, 0) is 16.2 Å². The minimum absolute atomic E-state index is 0.0188. The number of nitrogens with zero attached hydrogens (tertiary/aromatic N) is 2. The molecule has 0 spiro atoms. The van der Waals surface area contributed by atoms with Crippen molar-refractivity contribution in [1.82, 2.24) is 9.80 Å². The number of hydrogen-bond acceptors (Lipinski definition) is 5. The van der Waals surface area contributed by atoms with Gasteiger partial charge in [-0.25, -0.2) is 0 Å². The van der Waals surface area contributed by atoms with Gasteiger partial charge in [0.15, 0.2) is 16.6 Å². The van der Waals surface area contributed by atoms with Gasteiger partial charge in [0.2, 0.25) is 0 Å². The number of amides is 2. The second-order valence-electron chi connectivity index (χ2n) is 6.74. The van der Waals surface area contributed by atoms with Gasteiger partial charge in [-0.15, -0.1) is 0 Å². The summed E-state index contributed by atoms with van der Waals surface area (Å²) < 4.78 is 13.4. The molecule has 2 aromatic carbocycles. The number of thiocarbonyl (C=S) groups is 1. The smallest absolute Gasteiger partial charge is 0.265 e. The SMILES string of the molecule is CCOc1cc(C=C2C(=O)N(C)C(=S)N(C)C2=O)c(Br)cc1OCc1ccc(Br)cc1. The number of carbonyl (C=O) groups excluding carboxylic acids is 2. The van der Waals surface area contributed by atoms with Crippen molar-refractivity contribution in [3.63, 3.8) is 0 Å². The summed E-state index contributed by atoms with van der Waals surface area (Å²) in [7, 11) is 3.09. The third-order valence-corrected chi connectivity index (χ3v) is 6.38. The fourth-order valence-electron chi connectivity index (χ4n) is 2.91. The summed E-state index contributed by atoms with van der Waals surface area (Å²) >= 11 is 12.1. The van der Waals surface area contributed by atoms with E-state index in [1.165, 1.54) is 15.9 Å². The molecular formula is C22H20Br2N2O4S. The summed E-state index contributed by atoms with van der Waals surface area (Å²) in [6.07, 6.45) is 1.53. The average Bonchev–Trinajstić information content (AvgIpc) is 2.76. The van der Waals surface area contributed by atoms with E-state index in [0.29, 0.717) is 34.7 Å². The molecule has 2 amide bonds. The third kappa shape index (κ3) is 5.16. The summed E-state index contributed by atoms with van der Waals surface area (Å²) in [5.41, 5.74) is 1.64. The largest absolute Gasteiger partial charge is 0.490 e. The number of carbonyl (C=O) groups is 2. The molecule has 0 saturated carbocycles. The van der Waals surface area contributed by atoms with Crippen LogP contribution in [0.2, 0.25) is 0 Å². The minimum atomic E-state index is -0.450. The van der Waals surface area contributed by atoms with Crippen LogP contribution in [0.25, 0.3) is 6.08 Å². The molecule has 1 aliphatic heterocycles. The van der Waals surface area contributed by atoms with Gasteiger partial charge >= 0.3 is 0 Å². The number of hydrogen-bond donors (Lipinski definition) is 0. The molecule has 0 unspecified atom stereocenters. The number of halogens is 2. The summed E-state index contributed by atoms with van der Waals surface area (Å²) in [6, 6.07) is 11.3. The first-order chi connectivity index (χ1) is 14.7. The molecule has 1 saturated heterocycles. The van der Waals surface area contributed by atoms with Gasteiger partial charge in [0.25, 0.3) is 11.8 Å². The van der Waals surface area contributed by atoms with Crippen LogP contribution in [0.5, 0.6) is 11.5 Å². The summed E-state index contributed by atoms with van der Waals surface area (Å²) in [5, 5.41) is 0.165. The molecule has 1 heterocycles. The fraction of sp³-hybridized carbons (Fsp3) is 0.227. The molecule has 0 aliphatic carbocycles. The summed E-state index contributed by atoms with van der Waals surface area (Å²) in [6.45, 7) is 2.67. The van der Waals surface area contributed by atoms with E-state index in [-0.39, 0.29) is 10.7 Å². The maximum atomic E-state index is 12.6. The molecule has 1 fully saturated rings. The maximum absolute atomic E-state index is 12.6. The lowest BCUT2D eigenvalue weighted by Crippen LogP contribution is -2.52. The topological polar surface area (TPSA) is 59.1 Å². The molecule has 9 heteroatoms. The Morgan fingerprint density at radius 3 is 2.13 bits per heavy atom. The van der Waals surface area contributed by atoms with Crippen molar-refractivity contribution in [1.29, 1.82) is 0 Å². The lowest BCUT2D eigenvalue weighted by molar-refractivity contribution is -0.132. The Morgan fingerprint density at radius 1 is 0.968 bits per heavy atom. The number of likely N-dealkylation sites (N-methyl/N-ethyl adjacent to an activating group) is 2. The van der Waals surface area contributed by atoms with Crippen LogP contribution in [0.1, 0.15) is 18.1 Å². The van der Waals surface area contributed by atoms with Gasteiger partial charge in [0, 0.05) is 23.0 Å². The van der Waals surface area contributed by atoms with Gasteiger partial charge in [-0.2, -0.15) is 0 Å². The molecule has 162 valence electrons. The molecule has 0 atom stereocenters. The van der Waals surface area contributed by atoms with E-state index >= 15 is 0 Å². The number of rotatable bonds is 6. The summed E-state index contributed by atoms with van der Waals surface area (Å²) in [5.74, 6) is 0.167. The molecule has 1 aliphatic rings. The minimum Gasteiger partial charge on any atom is -0.490 e. The van der Waals surface area contributed by atoms with Crippen molar-refractivity contribution in [3.05, 3.63) is 62.0 Å². The van der Waals surface area contributed by atoms with Gasteiger partial charge in [0.1, 0.15) is 12.2 Å². The van der Waals surface area contributed by atoms with Gasteiger partial charge in [0.05, 0.1) is 6.61 Å². The van der Waals surface area contributed by atoms with E-state index < -0.39 is 11.8 Å². The van der Waals surface area contributed by atoms with Gasteiger partial charge < -0.3 is 9.47 Å². The van der Waals surface area contributed by atoms with E-state index in [2.05, 4.69) is 31.9 Å². The van der Waals surface area contributed by atoms with Crippen LogP contribution in [0.3, 0.4) is 0 Å². The highest BCUT2D eigenvalue weighted by Gasteiger charge is 2.35. The molecule has 2 aromatic rings. The van der Waals surface area contributed by atoms with Crippen LogP contribution in [0.15, 0.2) is 50.9 Å². The lowest BCUT2D eigenvalue weighted by atomic mass is 10.1. The quantitative estimate of drug-likeness (QED) is 0.285. The standard InChI is InChI=1S/C22H20Br2N2O4S/c1-4-29-18-10-14(9-16-20(27)25(2)22(31)26(3)21(16)28)17(24)11-19(18)30-12-13-5-7-15(23)8-6-13/h5-11H,4,12H2,1-3H3. The molecule has 0 N–H and O–H groups in total. The Hall–Kier alpha value is -2.23. The van der Waals surface area contributed by atoms with Crippen molar-refractivity contribution >= 4 is 67.1 Å². The molecular weight excluding hydrogens is 548 g/mol. The van der Waals surface area contributed by atoms with E-state index in [1.807, 2.05) is 31.2 Å². The van der Waals surface area contributed by atoms with Crippen molar-refractivity contribution in [3.8, 4) is 11.5 Å². The van der Waals surface area contributed by atoms with E-state index in [9.17, 15) is 9.59 Å². The van der Waals surface area contributed by atoms with E-state index in [4.69, 9.17) is 21.7 Å². The first-order valence-electron chi connectivity index (χ1n) is 9.38. The van der Waals surface area contributed by atoms with E-state index in [1.54, 1.807) is 26.2 Å². The van der Waals surface area contributed by atoms with Crippen LogP contribution in [0, 0.1) is 0 Å². The van der Waals surface area contributed by atoms with Gasteiger partial charge in [-0.1, -0.05) is 44.0 Å². The normalized spacial score (nSPS) is 14.2. The molecule has 6 nitrogen and oxygen atoms in total. The molecule has 0 aromatic heterocycles. The summed E-state index contributed by atoms with van der Waals surface area (Å²) in [4.78, 5) is 27.8. The predicted octanol–water partition coefficient (Wildman–Crippen LogP) is 4.79. The first kappa shape index (κ1) is 23.4. The van der Waals surface area contributed by atoms with E-state index in [0.717, 1.165) is 10.0 Å². The fourth-order valence-corrected chi connectivity index (χ4v) is 3.78. The molecule has 31 heavy (non-hydrogen) atoms. The number of ether oxygens (including phenoxy) is 2. The highest BCUT2D eigenvalue weighted by Crippen LogP contribution is 2.36. The van der Waals surface area contributed by atoms with Crippen LogP contribution >= 0.6 is 44.1 Å². The molecule has 3 rings (SSSR count). The van der Waals surface area contributed by atoms with Crippen molar-refractivity contribution in [2.75, 3.05) is 20.7 Å². The second-order valence-corrected chi connectivity index (χ2v) is 8.87. The molecule has 0 radical (unpaired) electrons. The van der Waals surface area contributed by atoms with Crippen molar-refractivity contribution in [2.45, 2.75) is 13.5 Å². The van der Waals surface area contributed by atoms with Crippen LogP contribution in [-0.4, -0.2) is 47.4 Å². The second kappa shape index (κ2) is 9.93. The van der Waals surface area contributed by atoms with Gasteiger partial charge in [-0.05, 0) is 60.6 Å². The predicted molar refractivity (Wildman–Crippen MR) is 130 cm³/mol. The third-order valence-electron chi connectivity index (χ3n) is 4.61. The first-order valence-corrected chi connectivity index (χ1v) is 11.4. The Labute approximate surface area is 203 Å². The zero-order valence-corrected chi connectivity index (χ0v) is 21.1. The lowest BCUT2D eigenvalue weighted by Gasteiger charge is -2.31. The zero-order valence-electron chi connectivity index (χ0n) is 17.1. The Morgan fingerprint density at radius 2 is 1.55 bits per heavy atom.